The van der Waals surface area contributed by atoms with Crippen LogP contribution in [0, 0.1) is 11.3 Å². The molecule has 0 N–H and O–H groups in total. The zero-order chi connectivity index (χ0) is 24.2. The fraction of sp³-hybridized carbons (Fsp3) is 0.296. The third-order valence-corrected chi connectivity index (χ3v) is 6.55. The van der Waals surface area contributed by atoms with Crippen LogP contribution >= 0.6 is 0 Å². The smallest absolute Gasteiger partial charge is 0.242 e. The molecule has 1 fully saturated rings. The van der Waals surface area contributed by atoms with Crippen LogP contribution in [0.2, 0.25) is 0 Å². The number of carbonyl (C=O) groups is 1. The van der Waals surface area contributed by atoms with Gasteiger partial charge in [0.25, 0.3) is 0 Å². The quantitative estimate of drug-likeness (QED) is 0.554. The lowest BCUT2D eigenvalue weighted by Crippen LogP contribution is -2.50. The molecule has 1 aromatic heterocycles. The Bertz CT molecular complexity index is 1270. The van der Waals surface area contributed by atoms with Gasteiger partial charge in [-0.2, -0.15) is 10.4 Å². The van der Waals surface area contributed by atoms with E-state index in [0.717, 1.165) is 49.7 Å². The van der Waals surface area contributed by atoms with Gasteiger partial charge in [0, 0.05) is 39.3 Å². The van der Waals surface area contributed by atoms with Gasteiger partial charge in [-0.1, -0.05) is 42.5 Å². The van der Waals surface area contributed by atoms with Crippen molar-refractivity contribution in [2.24, 2.45) is 0 Å². The van der Waals surface area contributed by atoms with Gasteiger partial charge in [0.2, 0.25) is 5.91 Å². The lowest BCUT2D eigenvalue weighted by Gasteiger charge is -2.36. The number of piperazine rings is 1. The minimum absolute atomic E-state index is 0.0205. The molecule has 0 atom stereocenters. The zero-order valence-electron chi connectivity index (χ0n) is 19.8. The Kier molecular flexibility index (Phi) is 6.62. The van der Waals surface area contributed by atoms with Crippen molar-refractivity contribution in [3.05, 3.63) is 83.6 Å². The Balaban J connectivity index is 1.23. The van der Waals surface area contributed by atoms with Gasteiger partial charge < -0.3 is 4.74 Å². The highest BCUT2D eigenvalue weighted by atomic mass is 16.5. The third kappa shape index (κ3) is 4.83. The molecule has 0 spiro atoms. The summed E-state index contributed by atoms with van der Waals surface area (Å²) < 4.78 is 7.04. The fourth-order valence-corrected chi connectivity index (χ4v) is 4.69. The first-order chi connectivity index (χ1) is 17.2. The van der Waals surface area contributed by atoms with Gasteiger partial charge in [-0.15, -0.1) is 0 Å². The lowest BCUT2D eigenvalue weighted by atomic mass is 10.1. The number of amides is 1. The standard InChI is InChI=1S/C27H28N6O2/c1-35-24-9-5-6-21(16-24)19-30-12-14-31(15-13-30)20-26(34)32-11-10-25(22-7-3-2-4-8-22)33-27(32)23(17-28)18-29-33/h2-10,16,18H,11-15,19-20H2,1H3. The Morgan fingerprint density at radius 2 is 1.83 bits per heavy atom. The molecule has 8 nitrogen and oxygen atoms in total. The maximum atomic E-state index is 13.4. The number of nitrogens with zero attached hydrogens (tertiary/aromatic N) is 6. The SMILES string of the molecule is COc1cccc(CN2CCN(CC(=O)N3CC=C(c4ccccc4)n4ncc(C#N)c43)CC2)c1. The van der Waals surface area contributed by atoms with Gasteiger partial charge >= 0.3 is 0 Å². The highest BCUT2D eigenvalue weighted by molar-refractivity contribution is 5.97. The molecule has 3 heterocycles. The number of benzene rings is 2. The van der Waals surface area contributed by atoms with E-state index in [1.54, 1.807) is 16.7 Å². The second kappa shape index (κ2) is 10.1. The average Bonchev–Trinajstić information content (AvgIpc) is 3.34. The van der Waals surface area contributed by atoms with E-state index in [1.807, 2.05) is 48.5 Å². The minimum Gasteiger partial charge on any atom is -0.497 e. The topological polar surface area (TPSA) is 77.6 Å². The van der Waals surface area contributed by atoms with Crippen LogP contribution in [-0.2, 0) is 11.3 Å². The first-order valence-corrected chi connectivity index (χ1v) is 11.8. The molecule has 1 amide bonds. The number of rotatable bonds is 6. The molecule has 0 bridgehead atoms. The summed E-state index contributed by atoms with van der Waals surface area (Å²) in [6, 6.07) is 20.3. The molecule has 0 radical (unpaired) electrons. The molecule has 1 saturated heterocycles. The van der Waals surface area contributed by atoms with Crippen molar-refractivity contribution in [3.63, 3.8) is 0 Å². The molecule has 178 valence electrons. The predicted octanol–water partition coefficient (Wildman–Crippen LogP) is 2.82. The van der Waals surface area contributed by atoms with E-state index in [0.29, 0.717) is 24.5 Å². The van der Waals surface area contributed by atoms with Gasteiger partial charge in [-0.25, -0.2) is 4.68 Å². The summed E-state index contributed by atoms with van der Waals surface area (Å²) in [5.41, 5.74) is 3.52. The van der Waals surface area contributed by atoms with E-state index in [9.17, 15) is 10.1 Å². The predicted molar refractivity (Wildman–Crippen MR) is 134 cm³/mol. The summed E-state index contributed by atoms with van der Waals surface area (Å²) in [4.78, 5) is 19.6. The van der Waals surface area contributed by atoms with Crippen molar-refractivity contribution in [1.82, 2.24) is 19.6 Å². The number of hydrogen-bond donors (Lipinski definition) is 0. The maximum absolute atomic E-state index is 13.4. The van der Waals surface area contributed by atoms with E-state index < -0.39 is 0 Å². The van der Waals surface area contributed by atoms with Crippen molar-refractivity contribution in [3.8, 4) is 11.8 Å². The van der Waals surface area contributed by atoms with Crippen LogP contribution in [0.15, 0.2) is 66.9 Å². The summed E-state index contributed by atoms with van der Waals surface area (Å²) >= 11 is 0. The van der Waals surface area contributed by atoms with E-state index >= 15 is 0 Å². The molecule has 2 aromatic carbocycles. The van der Waals surface area contributed by atoms with Gasteiger partial charge in [0.05, 0.1) is 25.5 Å². The first-order valence-electron chi connectivity index (χ1n) is 11.8. The number of anilines is 1. The van der Waals surface area contributed by atoms with Crippen molar-refractivity contribution in [1.29, 1.82) is 5.26 Å². The van der Waals surface area contributed by atoms with Crippen LogP contribution in [0.4, 0.5) is 5.82 Å². The third-order valence-electron chi connectivity index (χ3n) is 6.55. The lowest BCUT2D eigenvalue weighted by molar-refractivity contribution is -0.120. The Morgan fingerprint density at radius 3 is 2.57 bits per heavy atom. The molecule has 5 rings (SSSR count). The van der Waals surface area contributed by atoms with E-state index in [4.69, 9.17) is 4.74 Å². The Morgan fingerprint density at radius 1 is 1.06 bits per heavy atom. The number of ether oxygens (including phenoxy) is 1. The summed E-state index contributed by atoms with van der Waals surface area (Å²) in [5.74, 6) is 1.40. The molecule has 8 heteroatoms. The van der Waals surface area contributed by atoms with E-state index in [2.05, 4.69) is 33.1 Å². The molecule has 3 aromatic rings. The molecular weight excluding hydrogens is 440 g/mol. The number of fused-ring (bicyclic) bond motifs is 1. The van der Waals surface area contributed by atoms with Crippen LogP contribution in [-0.4, -0.2) is 71.9 Å². The zero-order valence-corrected chi connectivity index (χ0v) is 19.8. The van der Waals surface area contributed by atoms with E-state index in [-0.39, 0.29) is 5.91 Å². The Hall–Kier alpha value is -3.93. The number of hydrogen-bond acceptors (Lipinski definition) is 6. The molecular formula is C27H28N6O2. The van der Waals surface area contributed by atoms with Gasteiger partial charge in [-0.3, -0.25) is 19.5 Å². The largest absolute Gasteiger partial charge is 0.497 e. The van der Waals surface area contributed by atoms with Crippen LogP contribution in [0.25, 0.3) is 5.70 Å². The van der Waals surface area contributed by atoms with Gasteiger partial charge in [0.1, 0.15) is 17.4 Å². The van der Waals surface area contributed by atoms with Crippen molar-refractivity contribution >= 4 is 17.4 Å². The maximum Gasteiger partial charge on any atom is 0.242 e. The van der Waals surface area contributed by atoms with Crippen molar-refractivity contribution in [2.45, 2.75) is 6.54 Å². The number of aromatic nitrogens is 2. The van der Waals surface area contributed by atoms with Crippen LogP contribution in [0.3, 0.4) is 0 Å². The van der Waals surface area contributed by atoms with Crippen LogP contribution in [0.5, 0.6) is 5.75 Å². The highest BCUT2D eigenvalue weighted by Crippen LogP contribution is 2.31. The van der Waals surface area contributed by atoms with Crippen LogP contribution in [0.1, 0.15) is 16.7 Å². The normalized spacial score (nSPS) is 16.3. The molecule has 0 unspecified atom stereocenters. The summed E-state index contributed by atoms with van der Waals surface area (Å²) in [6.07, 6.45) is 3.54. The molecule has 2 aliphatic heterocycles. The second-order valence-electron chi connectivity index (χ2n) is 8.77. The first kappa shape index (κ1) is 22.8. The highest BCUT2D eigenvalue weighted by Gasteiger charge is 2.30. The van der Waals surface area contributed by atoms with Gasteiger partial charge in [0.15, 0.2) is 5.82 Å². The average molecular weight is 469 g/mol. The fourth-order valence-electron chi connectivity index (χ4n) is 4.69. The summed E-state index contributed by atoms with van der Waals surface area (Å²) in [5, 5.41) is 14.1. The second-order valence-corrected chi connectivity index (χ2v) is 8.77. The van der Waals surface area contributed by atoms with Crippen molar-refractivity contribution < 1.29 is 9.53 Å². The molecule has 35 heavy (non-hydrogen) atoms. The number of nitriles is 1. The molecule has 0 saturated carbocycles. The van der Waals surface area contributed by atoms with E-state index in [1.165, 1.54) is 11.8 Å². The summed E-state index contributed by atoms with van der Waals surface area (Å²) in [6.45, 7) is 5.02. The van der Waals surface area contributed by atoms with Crippen molar-refractivity contribution in [2.75, 3.05) is 51.3 Å². The Labute approximate surface area is 205 Å². The van der Waals surface area contributed by atoms with Gasteiger partial charge in [-0.05, 0) is 29.3 Å². The number of carbonyl (C=O) groups excluding carboxylic acids is 1. The minimum atomic E-state index is -0.0205. The molecule has 0 aliphatic carbocycles. The van der Waals surface area contributed by atoms with Crippen LogP contribution < -0.4 is 9.64 Å². The monoisotopic (exact) mass is 468 g/mol. The number of methoxy groups -OCH3 is 1. The summed E-state index contributed by atoms with van der Waals surface area (Å²) in [7, 11) is 1.68. The molecule has 2 aliphatic rings.